The molecule has 0 aromatic heterocycles. The zero-order valence-corrected chi connectivity index (χ0v) is 5.39. The molecule has 4 heteroatoms. The molecule has 0 aliphatic heterocycles. The summed E-state index contributed by atoms with van der Waals surface area (Å²) in [6, 6.07) is 0. The normalized spacial score (nSPS) is 16.8. The van der Waals surface area contributed by atoms with E-state index in [2.05, 4.69) is 0 Å². The second-order valence-electron chi connectivity index (χ2n) is 1.16. The van der Waals surface area contributed by atoms with E-state index in [1.165, 1.54) is 0 Å². The van der Waals surface area contributed by atoms with Crippen molar-refractivity contribution < 1.29 is 9.59 Å². The van der Waals surface area contributed by atoms with Crippen LogP contribution in [-0.4, -0.2) is 23.3 Å². The fraction of sp³-hybridized carbons (Fsp3) is 0.500. The van der Waals surface area contributed by atoms with Crippen LogP contribution in [0.2, 0.25) is 0 Å². The van der Waals surface area contributed by atoms with Gasteiger partial charge in [0.2, 0.25) is 0 Å². The molecule has 0 bridgehead atoms. The Bertz CT molecular complexity index is 82.0. The van der Waals surface area contributed by atoms with Gasteiger partial charge in [-0.25, -0.2) is 0 Å². The number of halogens is 2. The van der Waals surface area contributed by atoms with Gasteiger partial charge in [-0.2, -0.15) is 0 Å². The van der Waals surface area contributed by atoms with Crippen LogP contribution in [0, 0.1) is 0 Å². The number of alkyl halides is 2. The third-order valence-electron chi connectivity index (χ3n) is 0.564. The highest BCUT2D eigenvalue weighted by Crippen LogP contribution is 2.03. The Morgan fingerprint density at radius 1 is 1.00 bits per heavy atom. The lowest BCUT2D eigenvalue weighted by molar-refractivity contribution is -0.111. The summed E-state index contributed by atoms with van der Waals surface area (Å²) in [5.41, 5.74) is 0. The van der Waals surface area contributed by atoms with Gasteiger partial charge in [0.15, 0.2) is 0 Å². The SMILES string of the molecule is O=CC(Cl)C(Cl)C=O. The van der Waals surface area contributed by atoms with E-state index >= 15 is 0 Å². The van der Waals surface area contributed by atoms with E-state index in [1.54, 1.807) is 0 Å². The van der Waals surface area contributed by atoms with Gasteiger partial charge in [-0.1, -0.05) is 0 Å². The molecule has 8 heavy (non-hydrogen) atoms. The second kappa shape index (κ2) is 3.87. The van der Waals surface area contributed by atoms with Gasteiger partial charge >= 0.3 is 0 Å². The van der Waals surface area contributed by atoms with Gasteiger partial charge in [0.05, 0.1) is 0 Å². The number of carbonyl (C=O) groups excluding carboxylic acids is 2. The second-order valence-corrected chi connectivity index (χ2v) is 2.17. The van der Waals surface area contributed by atoms with Gasteiger partial charge in [-0.15, -0.1) is 23.2 Å². The largest absolute Gasteiger partial charge is 0.302 e. The Morgan fingerprint density at radius 2 is 1.25 bits per heavy atom. The molecule has 0 aromatic rings. The minimum absolute atomic E-state index is 0.424. The first kappa shape index (κ1) is 7.92. The minimum Gasteiger partial charge on any atom is -0.302 e. The molecule has 0 aliphatic rings. The molecule has 2 atom stereocenters. The topological polar surface area (TPSA) is 34.1 Å². The van der Waals surface area contributed by atoms with Crippen molar-refractivity contribution >= 4 is 35.8 Å². The van der Waals surface area contributed by atoms with Crippen molar-refractivity contribution in [2.75, 3.05) is 0 Å². The Labute approximate surface area is 56.8 Å². The lowest BCUT2D eigenvalue weighted by Gasteiger charge is -1.97. The van der Waals surface area contributed by atoms with Gasteiger partial charge < -0.3 is 9.59 Å². The van der Waals surface area contributed by atoms with E-state index in [-0.39, 0.29) is 0 Å². The first-order chi connectivity index (χ1) is 3.72. The maximum Gasteiger partial charge on any atom is 0.139 e. The van der Waals surface area contributed by atoms with Crippen molar-refractivity contribution in [1.82, 2.24) is 0 Å². The van der Waals surface area contributed by atoms with Crippen molar-refractivity contribution in [2.45, 2.75) is 10.8 Å². The predicted molar refractivity (Wildman–Crippen MR) is 31.4 cm³/mol. The third kappa shape index (κ3) is 2.28. The molecule has 0 saturated carbocycles. The molecule has 46 valence electrons. The zero-order valence-electron chi connectivity index (χ0n) is 3.88. The Balaban J connectivity index is 3.60. The van der Waals surface area contributed by atoms with E-state index in [1.807, 2.05) is 0 Å². The van der Waals surface area contributed by atoms with Crippen LogP contribution in [0.15, 0.2) is 0 Å². The summed E-state index contributed by atoms with van der Waals surface area (Å²) in [5.74, 6) is 0. The van der Waals surface area contributed by atoms with Gasteiger partial charge in [-0.05, 0) is 0 Å². The Kier molecular flexibility index (Phi) is 3.83. The quantitative estimate of drug-likeness (QED) is 0.441. The number of hydrogen-bond acceptors (Lipinski definition) is 2. The highest BCUT2D eigenvalue weighted by molar-refractivity contribution is 6.39. The van der Waals surface area contributed by atoms with Crippen LogP contribution in [0.25, 0.3) is 0 Å². The molecular formula is C4H4Cl2O2. The highest BCUT2D eigenvalue weighted by atomic mass is 35.5. The van der Waals surface area contributed by atoms with Crippen molar-refractivity contribution in [3.8, 4) is 0 Å². The van der Waals surface area contributed by atoms with Gasteiger partial charge in [0, 0.05) is 0 Å². The lowest BCUT2D eigenvalue weighted by atomic mass is 10.3. The van der Waals surface area contributed by atoms with Gasteiger partial charge in [0.25, 0.3) is 0 Å². The Hall–Kier alpha value is -0.0800. The monoisotopic (exact) mass is 154 g/mol. The molecule has 0 aliphatic carbocycles. The van der Waals surface area contributed by atoms with Crippen molar-refractivity contribution in [2.24, 2.45) is 0 Å². The van der Waals surface area contributed by atoms with Crippen molar-refractivity contribution in [1.29, 1.82) is 0 Å². The minimum atomic E-state index is -0.894. The molecule has 0 spiro atoms. The van der Waals surface area contributed by atoms with Crippen LogP contribution in [-0.2, 0) is 9.59 Å². The zero-order chi connectivity index (χ0) is 6.57. The van der Waals surface area contributed by atoms with Crippen molar-refractivity contribution in [3.05, 3.63) is 0 Å². The number of rotatable bonds is 3. The van der Waals surface area contributed by atoms with Crippen LogP contribution in [0.5, 0.6) is 0 Å². The summed E-state index contributed by atoms with van der Waals surface area (Å²) in [7, 11) is 0. The van der Waals surface area contributed by atoms with Crippen LogP contribution < -0.4 is 0 Å². The summed E-state index contributed by atoms with van der Waals surface area (Å²) in [5, 5.41) is -1.79. The Morgan fingerprint density at radius 3 is 1.38 bits per heavy atom. The molecule has 2 unspecified atom stereocenters. The van der Waals surface area contributed by atoms with E-state index in [4.69, 9.17) is 23.2 Å². The summed E-state index contributed by atoms with van der Waals surface area (Å²) < 4.78 is 0. The number of carbonyl (C=O) groups is 2. The van der Waals surface area contributed by atoms with E-state index in [0.29, 0.717) is 12.6 Å². The van der Waals surface area contributed by atoms with Crippen LogP contribution in [0.4, 0.5) is 0 Å². The number of hydrogen-bond donors (Lipinski definition) is 0. The van der Waals surface area contributed by atoms with Gasteiger partial charge in [0.1, 0.15) is 23.3 Å². The average molecular weight is 155 g/mol. The molecule has 2 nitrogen and oxygen atoms in total. The van der Waals surface area contributed by atoms with Crippen LogP contribution in [0.3, 0.4) is 0 Å². The summed E-state index contributed by atoms with van der Waals surface area (Å²) in [4.78, 5) is 19.5. The van der Waals surface area contributed by atoms with E-state index in [9.17, 15) is 9.59 Å². The summed E-state index contributed by atoms with van der Waals surface area (Å²) >= 11 is 10.4. The third-order valence-corrected chi connectivity index (χ3v) is 1.44. The fourth-order valence-electron chi connectivity index (χ4n) is 0.150. The first-order valence-corrected chi connectivity index (χ1v) is 2.78. The smallest absolute Gasteiger partial charge is 0.139 e. The van der Waals surface area contributed by atoms with Crippen molar-refractivity contribution in [3.63, 3.8) is 0 Å². The number of aldehydes is 2. The predicted octanol–water partition coefficient (Wildman–Crippen LogP) is 0.599. The maximum atomic E-state index is 9.73. The van der Waals surface area contributed by atoms with E-state index < -0.39 is 10.8 Å². The standard InChI is InChI=1S/C4H4Cl2O2/c5-3(1-7)4(6)2-8/h1-4H. The summed E-state index contributed by atoms with van der Waals surface area (Å²) in [6.07, 6.45) is 0.848. The molecule has 0 aromatic carbocycles. The molecule has 0 heterocycles. The average Bonchev–Trinajstić information content (AvgIpc) is 1.84. The maximum absolute atomic E-state index is 9.73. The molecule has 0 rings (SSSR count). The summed E-state index contributed by atoms with van der Waals surface area (Å²) in [6.45, 7) is 0. The van der Waals surface area contributed by atoms with Gasteiger partial charge in [-0.3, -0.25) is 0 Å². The first-order valence-electron chi connectivity index (χ1n) is 1.91. The van der Waals surface area contributed by atoms with Crippen LogP contribution in [0.1, 0.15) is 0 Å². The molecule has 0 saturated heterocycles. The molecular weight excluding hydrogens is 151 g/mol. The highest BCUT2D eigenvalue weighted by Gasteiger charge is 2.13. The lowest BCUT2D eigenvalue weighted by Crippen LogP contribution is -2.16. The van der Waals surface area contributed by atoms with Crippen LogP contribution >= 0.6 is 23.2 Å². The molecule has 0 radical (unpaired) electrons. The van der Waals surface area contributed by atoms with E-state index in [0.717, 1.165) is 0 Å². The molecule has 0 N–H and O–H groups in total. The molecule has 0 amide bonds. The fourth-order valence-corrected chi connectivity index (χ4v) is 0.269. The molecule has 0 fully saturated rings.